The molecule has 0 N–H and O–H groups in total. The Labute approximate surface area is 452 Å². The van der Waals surface area contributed by atoms with Crippen LogP contribution in [0.2, 0.25) is 0 Å². The van der Waals surface area contributed by atoms with Crippen LogP contribution in [0, 0.1) is 18.8 Å². The number of hydrogen-bond acceptors (Lipinski definition) is 5. The zero-order chi connectivity index (χ0) is 56.5. The molecule has 0 unspecified atom stereocenters. The summed E-state index contributed by atoms with van der Waals surface area (Å²) in [6.07, 6.45) is 1.53. The van der Waals surface area contributed by atoms with Gasteiger partial charge in [-0.25, -0.2) is 4.98 Å². The first kappa shape index (κ1) is 35.2. The minimum absolute atomic E-state index is 0. The smallest absolute Gasteiger partial charge is 0.143 e. The Morgan fingerprint density at radius 1 is 0.466 bits per heavy atom. The third kappa shape index (κ3) is 8.52. The summed E-state index contributed by atoms with van der Waals surface area (Å²) in [4.78, 5) is 9.17. The first-order valence-corrected chi connectivity index (χ1v) is 23.2. The van der Waals surface area contributed by atoms with Gasteiger partial charge in [0, 0.05) is 89.7 Å². The Bertz CT molecular complexity index is 4340. The molecule has 3 heterocycles. The molecule has 13 rings (SSSR count). The van der Waals surface area contributed by atoms with E-state index in [9.17, 15) is 0 Å². The molecular weight excluding hydrogens is 1080 g/mol. The standard InChI is InChI=1S/C66H43N4O2.Pt/c1-5-20-46(21-6-1)54-31-18-32-55(47-22-7-2-8-23-47)65(54)69-45-68(61-36-15-16-37-62(61)69)50-28-17-29-51(42-50)71-52-38-39-59-58-30-13-14-35-60(58)70(63(59)43-52)64-44-53(40-41-67-64)72-66-56(48-24-9-3-10-25-48)33-19-34-57(66)49-26-11-4-12-27-49;/h1-41,44-45H;/q-3;/i3D,4D,9D,10D,11D,12D,24D,25D,26D,27D;. The summed E-state index contributed by atoms with van der Waals surface area (Å²) < 4.78 is 102. The van der Waals surface area contributed by atoms with Crippen LogP contribution >= 0.6 is 0 Å². The SMILES string of the molecule is [2H]c1c([2H])c([2H])c(-c2cccc(-c3c([2H])c([2H])c([2H])c([2H])c3[2H])c2Oc2ccnc(-n3c4[c-]c(Oc5[c-]c(N6[CH-]N(c7c(-c8ccccc8)cccc7-c7ccccc7)c7ccccc76)ccc5)ccc4c4ccccc43)c2)c([2H])c1[2H].[Pt]. The summed E-state index contributed by atoms with van der Waals surface area (Å²) in [5.74, 6) is 1.27. The van der Waals surface area contributed by atoms with Crippen LogP contribution in [0.15, 0.2) is 255 Å². The third-order valence-electron chi connectivity index (χ3n) is 12.6. The normalized spacial score (nSPS) is 13.8. The molecule has 0 spiro atoms. The van der Waals surface area contributed by atoms with E-state index in [1.165, 1.54) is 24.4 Å². The Kier molecular flexibility index (Phi) is 9.49. The maximum Gasteiger partial charge on any atom is 0.143 e. The summed E-state index contributed by atoms with van der Waals surface area (Å²) in [6.45, 7) is 2.10. The van der Waals surface area contributed by atoms with E-state index in [-0.39, 0.29) is 54.8 Å². The Morgan fingerprint density at radius 3 is 1.71 bits per heavy atom. The number of hydrogen-bond donors (Lipinski definition) is 0. The third-order valence-corrected chi connectivity index (χ3v) is 12.6. The van der Waals surface area contributed by atoms with Crippen LogP contribution in [0.4, 0.5) is 22.7 Å². The molecule has 1 aliphatic heterocycles. The molecule has 10 aromatic carbocycles. The largest absolute Gasteiger partial charge is 0.509 e. The van der Waals surface area contributed by atoms with Gasteiger partial charge in [-0.3, -0.25) is 0 Å². The average Bonchev–Trinajstić information content (AvgIpc) is 3.95. The van der Waals surface area contributed by atoms with E-state index < -0.39 is 60.4 Å². The maximum absolute atomic E-state index is 8.93. The summed E-state index contributed by atoms with van der Waals surface area (Å²) >= 11 is 0. The van der Waals surface area contributed by atoms with E-state index in [1.54, 1.807) is 12.1 Å². The van der Waals surface area contributed by atoms with Crippen LogP contribution < -0.4 is 19.3 Å². The van der Waals surface area contributed by atoms with Crippen LogP contribution in [0.3, 0.4) is 0 Å². The second-order valence-corrected chi connectivity index (χ2v) is 16.9. The van der Waals surface area contributed by atoms with Gasteiger partial charge >= 0.3 is 0 Å². The van der Waals surface area contributed by atoms with Crippen molar-refractivity contribution in [2.75, 3.05) is 9.80 Å². The quantitative estimate of drug-likeness (QED) is 0.121. The van der Waals surface area contributed by atoms with E-state index in [4.69, 9.17) is 28.2 Å². The van der Waals surface area contributed by atoms with Crippen LogP contribution in [0.25, 0.3) is 72.1 Å². The van der Waals surface area contributed by atoms with Gasteiger partial charge in [-0.05, 0) is 51.9 Å². The van der Waals surface area contributed by atoms with Gasteiger partial charge in [-0.2, -0.15) is 12.1 Å². The molecule has 2 aromatic heterocycles. The van der Waals surface area contributed by atoms with Gasteiger partial charge in [-0.15, -0.1) is 48.1 Å². The van der Waals surface area contributed by atoms with Crippen LogP contribution in [0.5, 0.6) is 23.0 Å². The number of aromatic nitrogens is 2. The Balaban J connectivity index is 0.00000680. The van der Waals surface area contributed by atoms with Crippen molar-refractivity contribution in [3.63, 3.8) is 0 Å². The summed E-state index contributed by atoms with van der Waals surface area (Å²) in [7, 11) is 0. The molecular formula is C66H43N4O2Pt-3. The van der Waals surface area contributed by atoms with Crippen molar-refractivity contribution in [1.82, 2.24) is 9.55 Å². The van der Waals surface area contributed by atoms with Crippen molar-refractivity contribution in [1.29, 1.82) is 0 Å². The molecule has 0 amide bonds. The number of benzene rings is 10. The van der Waals surface area contributed by atoms with E-state index in [0.717, 1.165) is 61.3 Å². The summed E-state index contributed by atoms with van der Waals surface area (Å²) in [5.41, 5.74) is 9.09. The second-order valence-electron chi connectivity index (χ2n) is 16.9. The average molecular weight is 1130 g/mol. The molecule has 0 fully saturated rings. The van der Waals surface area contributed by atoms with Crippen LogP contribution in [-0.2, 0) is 21.1 Å². The predicted molar refractivity (Wildman–Crippen MR) is 292 cm³/mol. The minimum Gasteiger partial charge on any atom is -0.509 e. The van der Waals surface area contributed by atoms with Crippen molar-refractivity contribution >= 4 is 44.6 Å². The molecule has 0 atom stereocenters. The molecule has 0 aliphatic carbocycles. The van der Waals surface area contributed by atoms with Gasteiger partial charge in [0.15, 0.2) is 0 Å². The van der Waals surface area contributed by atoms with Gasteiger partial charge < -0.3 is 23.8 Å². The molecule has 73 heavy (non-hydrogen) atoms. The molecule has 1 aliphatic rings. The molecule has 0 radical (unpaired) electrons. The van der Waals surface area contributed by atoms with Crippen molar-refractivity contribution in [3.8, 4) is 73.3 Å². The topological polar surface area (TPSA) is 42.8 Å². The van der Waals surface area contributed by atoms with Gasteiger partial charge in [0.2, 0.25) is 0 Å². The van der Waals surface area contributed by atoms with Crippen molar-refractivity contribution < 1.29 is 44.2 Å². The first-order valence-electron chi connectivity index (χ1n) is 28.2. The molecule has 6 nitrogen and oxygen atoms in total. The fraction of sp³-hybridized carbons (Fsp3) is 0. The molecule has 0 bridgehead atoms. The van der Waals surface area contributed by atoms with E-state index >= 15 is 0 Å². The molecule has 7 heteroatoms. The van der Waals surface area contributed by atoms with Gasteiger partial charge in [0.05, 0.1) is 13.7 Å². The Morgan fingerprint density at radius 2 is 1.04 bits per heavy atom. The monoisotopic (exact) mass is 1130 g/mol. The van der Waals surface area contributed by atoms with Gasteiger partial charge in [-0.1, -0.05) is 193 Å². The fourth-order valence-corrected chi connectivity index (χ4v) is 9.43. The van der Waals surface area contributed by atoms with E-state index in [2.05, 4.69) is 107 Å². The predicted octanol–water partition coefficient (Wildman–Crippen LogP) is 17.4. The molecule has 12 aromatic rings. The first-order chi connectivity index (χ1) is 39.9. The van der Waals surface area contributed by atoms with E-state index in [0.29, 0.717) is 22.8 Å². The molecule has 352 valence electrons. The zero-order valence-electron chi connectivity index (χ0n) is 48.5. The summed E-state index contributed by atoms with van der Waals surface area (Å²) in [5, 5.41) is 1.74. The van der Waals surface area contributed by atoms with Gasteiger partial charge in [0.25, 0.3) is 0 Å². The molecule has 0 saturated carbocycles. The zero-order valence-corrected chi connectivity index (χ0v) is 40.7. The fourth-order valence-electron chi connectivity index (χ4n) is 9.43. The minimum atomic E-state index is -0.594. The number of anilines is 4. The number of para-hydroxylation sites is 5. The number of pyridine rings is 1. The number of rotatable bonds is 11. The van der Waals surface area contributed by atoms with E-state index in [1.807, 2.05) is 83.4 Å². The number of ether oxygens (including phenoxy) is 2. The van der Waals surface area contributed by atoms with Crippen molar-refractivity contribution in [3.05, 3.63) is 273 Å². The second kappa shape index (κ2) is 19.7. The van der Waals surface area contributed by atoms with Crippen molar-refractivity contribution in [2.45, 2.75) is 0 Å². The Hall–Kier alpha value is -8.96. The van der Waals surface area contributed by atoms with Crippen LogP contribution in [0.1, 0.15) is 13.7 Å². The molecule has 0 saturated heterocycles. The maximum atomic E-state index is 8.93. The van der Waals surface area contributed by atoms with Crippen molar-refractivity contribution in [2.24, 2.45) is 0 Å². The number of nitrogens with zero attached hydrogens (tertiary/aromatic N) is 4. The van der Waals surface area contributed by atoms with Crippen LogP contribution in [-0.4, -0.2) is 9.55 Å². The summed E-state index contributed by atoms with van der Waals surface area (Å²) in [6, 6.07) is 62.1. The number of fused-ring (bicyclic) bond motifs is 4. The van der Waals surface area contributed by atoms with Gasteiger partial charge in [0.1, 0.15) is 17.3 Å².